The average molecular weight is 269 g/mol. The smallest absolute Gasteiger partial charge is 0.0533 e. The maximum absolute atomic E-state index is 3.39. The Hall–Kier alpha value is -2.80. The third kappa shape index (κ3) is 2.03. The molecule has 0 bridgehead atoms. The van der Waals surface area contributed by atoms with Crippen LogP contribution in [0.15, 0.2) is 85.1 Å². The molecule has 1 aromatic heterocycles. The summed E-state index contributed by atoms with van der Waals surface area (Å²) < 4.78 is 0. The van der Waals surface area contributed by atoms with Gasteiger partial charge in [0.2, 0.25) is 0 Å². The van der Waals surface area contributed by atoms with Crippen LogP contribution in [0.25, 0.3) is 33.2 Å². The van der Waals surface area contributed by atoms with Gasteiger partial charge in [-0.05, 0) is 28.0 Å². The highest BCUT2D eigenvalue weighted by atomic mass is 14.7. The Labute approximate surface area is 123 Å². The van der Waals surface area contributed by atoms with Gasteiger partial charge in [-0.1, -0.05) is 72.8 Å². The summed E-state index contributed by atoms with van der Waals surface area (Å²) in [6.07, 6.45) is 2.01. The lowest BCUT2D eigenvalue weighted by atomic mass is 9.96. The van der Waals surface area contributed by atoms with Gasteiger partial charge in [-0.3, -0.25) is 0 Å². The van der Waals surface area contributed by atoms with Crippen molar-refractivity contribution in [2.24, 2.45) is 0 Å². The molecular formula is C20H15N. The first-order chi connectivity index (χ1) is 10.4. The summed E-state index contributed by atoms with van der Waals surface area (Å²) in [6.45, 7) is 0. The fourth-order valence-electron chi connectivity index (χ4n) is 2.90. The molecule has 0 saturated heterocycles. The van der Waals surface area contributed by atoms with Crippen LogP contribution in [0.4, 0.5) is 0 Å². The van der Waals surface area contributed by atoms with Gasteiger partial charge in [-0.2, -0.15) is 0 Å². The Bertz CT molecular complexity index is 883. The highest BCUT2D eigenvalue weighted by molar-refractivity contribution is 5.99. The molecule has 0 radical (unpaired) electrons. The Morgan fingerprint density at radius 3 is 2.24 bits per heavy atom. The van der Waals surface area contributed by atoms with Gasteiger partial charge in [0.1, 0.15) is 0 Å². The molecule has 0 spiro atoms. The van der Waals surface area contributed by atoms with E-state index in [2.05, 4.69) is 77.8 Å². The second-order valence-electron chi connectivity index (χ2n) is 5.16. The van der Waals surface area contributed by atoms with E-state index in [1.807, 2.05) is 12.3 Å². The van der Waals surface area contributed by atoms with Gasteiger partial charge in [0.05, 0.1) is 5.69 Å². The zero-order chi connectivity index (χ0) is 14.1. The maximum atomic E-state index is 3.39. The fourth-order valence-corrected chi connectivity index (χ4v) is 2.90. The molecule has 1 heterocycles. The molecule has 0 aliphatic rings. The maximum Gasteiger partial charge on any atom is 0.0533 e. The number of nitrogens with one attached hydrogen (secondary N) is 1. The van der Waals surface area contributed by atoms with Crippen molar-refractivity contribution in [1.82, 2.24) is 4.98 Å². The fraction of sp³-hybridized carbons (Fsp3) is 0. The van der Waals surface area contributed by atoms with Crippen molar-refractivity contribution in [2.45, 2.75) is 0 Å². The number of hydrogen-bond acceptors (Lipinski definition) is 0. The zero-order valence-corrected chi connectivity index (χ0v) is 11.6. The van der Waals surface area contributed by atoms with Crippen LogP contribution in [0.3, 0.4) is 0 Å². The SMILES string of the molecule is c1ccc(-c2[nH]ccc2-c2cccc3ccccc23)cc1. The molecule has 0 atom stereocenters. The van der Waals surface area contributed by atoms with Gasteiger partial charge in [-0.15, -0.1) is 0 Å². The van der Waals surface area contributed by atoms with Crippen LogP contribution in [-0.2, 0) is 0 Å². The number of fused-ring (bicyclic) bond motifs is 1. The lowest BCUT2D eigenvalue weighted by Gasteiger charge is -2.08. The van der Waals surface area contributed by atoms with E-state index in [1.165, 1.54) is 33.2 Å². The second-order valence-corrected chi connectivity index (χ2v) is 5.16. The van der Waals surface area contributed by atoms with Crippen LogP contribution in [-0.4, -0.2) is 4.98 Å². The van der Waals surface area contributed by atoms with Crippen LogP contribution in [0.2, 0.25) is 0 Å². The number of benzene rings is 3. The Morgan fingerprint density at radius 1 is 0.571 bits per heavy atom. The van der Waals surface area contributed by atoms with Crippen molar-refractivity contribution in [1.29, 1.82) is 0 Å². The van der Waals surface area contributed by atoms with Crippen molar-refractivity contribution in [3.05, 3.63) is 85.1 Å². The lowest BCUT2D eigenvalue weighted by molar-refractivity contribution is 1.40. The predicted molar refractivity (Wildman–Crippen MR) is 89.2 cm³/mol. The summed E-state index contributed by atoms with van der Waals surface area (Å²) in [4.78, 5) is 3.39. The molecule has 3 aromatic carbocycles. The van der Waals surface area contributed by atoms with Gasteiger partial charge >= 0.3 is 0 Å². The van der Waals surface area contributed by atoms with Crippen LogP contribution in [0.5, 0.6) is 0 Å². The van der Waals surface area contributed by atoms with Crippen LogP contribution in [0.1, 0.15) is 0 Å². The van der Waals surface area contributed by atoms with Gasteiger partial charge in [0.25, 0.3) is 0 Å². The van der Waals surface area contributed by atoms with Crippen molar-refractivity contribution >= 4 is 10.8 Å². The van der Waals surface area contributed by atoms with E-state index in [1.54, 1.807) is 0 Å². The Balaban J connectivity index is 1.97. The summed E-state index contributed by atoms with van der Waals surface area (Å²) in [5, 5.41) is 2.56. The van der Waals surface area contributed by atoms with E-state index in [0.29, 0.717) is 0 Å². The molecule has 4 aromatic rings. The predicted octanol–water partition coefficient (Wildman–Crippen LogP) is 5.50. The standard InChI is InChI=1S/C20H15N/c1-2-8-16(9-3-1)20-19(13-14-21-20)18-12-6-10-15-7-4-5-11-17(15)18/h1-14,21H. The third-order valence-electron chi connectivity index (χ3n) is 3.89. The summed E-state index contributed by atoms with van der Waals surface area (Å²) in [5.41, 5.74) is 4.91. The molecule has 4 rings (SSSR count). The molecular weight excluding hydrogens is 254 g/mol. The lowest BCUT2D eigenvalue weighted by Crippen LogP contribution is -1.84. The first-order valence-electron chi connectivity index (χ1n) is 7.14. The summed E-state index contributed by atoms with van der Waals surface area (Å²) in [5.74, 6) is 0. The van der Waals surface area contributed by atoms with Gasteiger partial charge < -0.3 is 4.98 Å². The number of aromatic nitrogens is 1. The van der Waals surface area contributed by atoms with E-state index >= 15 is 0 Å². The van der Waals surface area contributed by atoms with Gasteiger partial charge in [0.15, 0.2) is 0 Å². The second kappa shape index (κ2) is 4.95. The molecule has 0 saturated carbocycles. The highest BCUT2D eigenvalue weighted by Gasteiger charge is 2.10. The third-order valence-corrected chi connectivity index (χ3v) is 3.89. The van der Waals surface area contributed by atoms with Crippen molar-refractivity contribution in [2.75, 3.05) is 0 Å². The van der Waals surface area contributed by atoms with E-state index in [-0.39, 0.29) is 0 Å². The zero-order valence-electron chi connectivity index (χ0n) is 11.6. The van der Waals surface area contributed by atoms with E-state index in [9.17, 15) is 0 Å². The monoisotopic (exact) mass is 269 g/mol. The van der Waals surface area contributed by atoms with E-state index < -0.39 is 0 Å². The Kier molecular flexibility index (Phi) is 2.82. The highest BCUT2D eigenvalue weighted by Crippen LogP contribution is 2.35. The van der Waals surface area contributed by atoms with Crippen LogP contribution in [0, 0.1) is 0 Å². The minimum absolute atomic E-state index is 1.17. The normalized spacial score (nSPS) is 10.9. The minimum Gasteiger partial charge on any atom is -0.361 e. The molecule has 0 aliphatic carbocycles. The van der Waals surface area contributed by atoms with E-state index in [4.69, 9.17) is 0 Å². The van der Waals surface area contributed by atoms with E-state index in [0.717, 1.165) is 0 Å². The number of H-pyrrole nitrogens is 1. The first kappa shape index (κ1) is 12.0. The molecule has 0 fully saturated rings. The van der Waals surface area contributed by atoms with Crippen molar-refractivity contribution in [3.8, 4) is 22.4 Å². The molecule has 1 heteroatoms. The average Bonchev–Trinajstić information content (AvgIpc) is 3.04. The summed E-state index contributed by atoms with van der Waals surface area (Å²) >= 11 is 0. The summed E-state index contributed by atoms with van der Waals surface area (Å²) in [7, 11) is 0. The number of hydrogen-bond donors (Lipinski definition) is 1. The molecule has 0 unspecified atom stereocenters. The minimum atomic E-state index is 1.17. The molecule has 0 amide bonds. The van der Waals surface area contributed by atoms with Crippen LogP contribution >= 0.6 is 0 Å². The van der Waals surface area contributed by atoms with Crippen molar-refractivity contribution in [3.63, 3.8) is 0 Å². The number of rotatable bonds is 2. The molecule has 1 nitrogen and oxygen atoms in total. The van der Waals surface area contributed by atoms with Crippen LogP contribution < -0.4 is 0 Å². The molecule has 21 heavy (non-hydrogen) atoms. The van der Waals surface area contributed by atoms with Crippen molar-refractivity contribution < 1.29 is 0 Å². The quantitative estimate of drug-likeness (QED) is 0.494. The van der Waals surface area contributed by atoms with Gasteiger partial charge in [-0.25, -0.2) is 0 Å². The largest absolute Gasteiger partial charge is 0.361 e. The molecule has 1 N–H and O–H groups in total. The molecule has 0 aliphatic heterocycles. The summed E-state index contributed by atoms with van der Waals surface area (Å²) in [6, 6.07) is 27.6. The van der Waals surface area contributed by atoms with Gasteiger partial charge in [0, 0.05) is 11.8 Å². The first-order valence-corrected chi connectivity index (χ1v) is 7.14. The molecule has 100 valence electrons. The Morgan fingerprint density at radius 2 is 1.33 bits per heavy atom. The topological polar surface area (TPSA) is 15.8 Å². The number of aromatic amines is 1.